The molecule has 37 heavy (non-hydrogen) atoms. The molecule has 0 fully saturated rings. The van der Waals surface area contributed by atoms with Crippen molar-refractivity contribution in [3.8, 4) is 5.75 Å². The predicted molar refractivity (Wildman–Crippen MR) is 149 cm³/mol. The minimum absolute atomic E-state index is 0.198. The first-order valence-corrected chi connectivity index (χ1v) is 12.6. The van der Waals surface area contributed by atoms with Crippen molar-refractivity contribution in [3.05, 3.63) is 130 Å². The Morgan fingerprint density at radius 3 is 2.38 bits per heavy atom. The Balaban J connectivity index is 1.61. The highest BCUT2D eigenvalue weighted by molar-refractivity contribution is 6.30. The van der Waals surface area contributed by atoms with Gasteiger partial charge in [0.05, 0.1) is 24.2 Å². The second-order valence-electron chi connectivity index (χ2n) is 8.76. The molecule has 1 amide bonds. The van der Waals surface area contributed by atoms with Crippen molar-refractivity contribution in [1.82, 2.24) is 14.9 Å². The minimum atomic E-state index is -0.400. The number of benzene rings is 4. The van der Waals surface area contributed by atoms with Crippen molar-refractivity contribution < 1.29 is 9.53 Å². The van der Waals surface area contributed by atoms with Crippen LogP contribution in [0, 0.1) is 0 Å². The summed E-state index contributed by atoms with van der Waals surface area (Å²) in [4.78, 5) is 18.3. The Labute approximate surface area is 225 Å². The van der Waals surface area contributed by atoms with Gasteiger partial charge in [-0.1, -0.05) is 65.7 Å². The number of carbonyl (C=O) groups is 1. The number of methoxy groups -OCH3 is 1. The van der Waals surface area contributed by atoms with Crippen LogP contribution in [0.25, 0.3) is 11.0 Å². The molecule has 0 saturated heterocycles. The Kier molecular flexibility index (Phi) is 7.45. The maximum Gasteiger partial charge on any atom is 0.251 e. The standard InChI is InChI=1S/C30H25Cl2N3O2/c1-37-25-14-15-26-28(18-25)35(19-21-8-5-9-24(32)16-21)29(33-26)27(17-20-6-3-2-4-7-20)34-30(36)22-10-12-23(31)13-11-22/h2-16,18,27H,17,19H2,1H3,(H,34,36). The number of carbonyl (C=O) groups excluding carboxylic acids is 1. The molecule has 1 heterocycles. The number of hydrogen-bond acceptors (Lipinski definition) is 3. The lowest BCUT2D eigenvalue weighted by Crippen LogP contribution is -2.32. The smallest absolute Gasteiger partial charge is 0.251 e. The molecule has 0 spiro atoms. The van der Waals surface area contributed by atoms with Gasteiger partial charge < -0.3 is 14.6 Å². The molecule has 0 aliphatic heterocycles. The van der Waals surface area contributed by atoms with E-state index in [-0.39, 0.29) is 5.91 Å². The first kappa shape index (κ1) is 24.9. The molecule has 0 aliphatic carbocycles. The summed E-state index contributed by atoms with van der Waals surface area (Å²) in [5, 5.41) is 4.47. The molecule has 0 bridgehead atoms. The van der Waals surface area contributed by atoms with Crippen LogP contribution in [0.1, 0.15) is 33.4 Å². The number of fused-ring (bicyclic) bond motifs is 1. The van der Waals surface area contributed by atoms with Gasteiger partial charge in [-0.05, 0) is 66.1 Å². The normalized spacial score (nSPS) is 11.9. The van der Waals surface area contributed by atoms with Crippen LogP contribution >= 0.6 is 23.2 Å². The number of hydrogen-bond donors (Lipinski definition) is 1. The SMILES string of the molecule is COc1ccc2nc(C(Cc3ccccc3)NC(=O)c3ccc(Cl)cc3)n(Cc3cccc(Cl)c3)c2c1. The van der Waals surface area contributed by atoms with E-state index in [9.17, 15) is 4.79 Å². The number of imidazole rings is 1. The summed E-state index contributed by atoms with van der Waals surface area (Å²) in [5.74, 6) is 1.28. The van der Waals surface area contributed by atoms with Crippen LogP contribution in [-0.2, 0) is 13.0 Å². The summed E-state index contributed by atoms with van der Waals surface area (Å²) in [5.41, 5.74) is 4.37. The molecule has 5 aromatic rings. The largest absolute Gasteiger partial charge is 0.497 e. The van der Waals surface area contributed by atoms with Gasteiger partial charge >= 0.3 is 0 Å². The zero-order chi connectivity index (χ0) is 25.8. The van der Waals surface area contributed by atoms with Gasteiger partial charge in [-0.3, -0.25) is 4.79 Å². The highest BCUT2D eigenvalue weighted by atomic mass is 35.5. The van der Waals surface area contributed by atoms with Crippen molar-refractivity contribution in [2.45, 2.75) is 19.0 Å². The number of rotatable bonds is 8. The number of ether oxygens (including phenoxy) is 1. The third kappa shape index (κ3) is 5.79. The maximum atomic E-state index is 13.3. The van der Waals surface area contributed by atoms with E-state index in [4.69, 9.17) is 32.9 Å². The van der Waals surface area contributed by atoms with Crippen molar-refractivity contribution >= 4 is 40.1 Å². The van der Waals surface area contributed by atoms with Gasteiger partial charge in [-0.25, -0.2) is 4.98 Å². The molecule has 7 heteroatoms. The highest BCUT2D eigenvalue weighted by Gasteiger charge is 2.24. The molecule has 0 saturated carbocycles. The van der Waals surface area contributed by atoms with Gasteiger partial charge in [-0.15, -0.1) is 0 Å². The van der Waals surface area contributed by atoms with Crippen LogP contribution in [0.3, 0.4) is 0 Å². The van der Waals surface area contributed by atoms with Crippen LogP contribution in [0.4, 0.5) is 0 Å². The van der Waals surface area contributed by atoms with Crippen LogP contribution in [0.15, 0.2) is 97.1 Å². The third-order valence-electron chi connectivity index (χ3n) is 6.22. The Hall–Kier alpha value is -3.80. The molecule has 1 N–H and O–H groups in total. The van der Waals surface area contributed by atoms with E-state index in [0.717, 1.165) is 33.7 Å². The fourth-order valence-electron chi connectivity index (χ4n) is 4.40. The predicted octanol–water partition coefficient (Wildman–Crippen LogP) is 7.11. The molecule has 1 atom stereocenters. The third-order valence-corrected chi connectivity index (χ3v) is 6.71. The van der Waals surface area contributed by atoms with Crippen molar-refractivity contribution in [2.24, 2.45) is 0 Å². The number of nitrogens with one attached hydrogen (secondary N) is 1. The van der Waals surface area contributed by atoms with Crippen molar-refractivity contribution in [1.29, 1.82) is 0 Å². The summed E-state index contributed by atoms with van der Waals surface area (Å²) in [6, 6.07) is 30.1. The average Bonchev–Trinajstić information content (AvgIpc) is 3.26. The topological polar surface area (TPSA) is 56.1 Å². The fourth-order valence-corrected chi connectivity index (χ4v) is 4.74. The first-order valence-electron chi connectivity index (χ1n) is 11.9. The van der Waals surface area contributed by atoms with E-state index in [1.165, 1.54) is 0 Å². The van der Waals surface area contributed by atoms with Crippen LogP contribution in [0.2, 0.25) is 10.0 Å². The van der Waals surface area contributed by atoms with Gasteiger partial charge in [0.2, 0.25) is 0 Å². The molecule has 1 aromatic heterocycles. The number of halogens is 2. The quantitative estimate of drug-likeness (QED) is 0.233. The van der Waals surface area contributed by atoms with Crippen molar-refractivity contribution in [2.75, 3.05) is 7.11 Å². The van der Waals surface area contributed by atoms with Crippen molar-refractivity contribution in [3.63, 3.8) is 0 Å². The zero-order valence-corrected chi connectivity index (χ0v) is 21.7. The van der Waals surface area contributed by atoms with Crippen LogP contribution in [-0.4, -0.2) is 22.6 Å². The van der Waals surface area contributed by atoms with E-state index in [1.807, 2.05) is 60.7 Å². The molecule has 0 aliphatic rings. The van der Waals surface area contributed by atoms with E-state index in [1.54, 1.807) is 31.4 Å². The highest BCUT2D eigenvalue weighted by Crippen LogP contribution is 2.28. The molecular weight excluding hydrogens is 505 g/mol. The van der Waals surface area contributed by atoms with E-state index in [2.05, 4.69) is 22.0 Å². The Bertz CT molecular complexity index is 1530. The zero-order valence-electron chi connectivity index (χ0n) is 20.2. The second kappa shape index (κ2) is 11.1. The number of nitrogens with zero attached hydrogens (tertiary/aromatic N) is 2. The molecule has 0 radical (unpaired) electrons. The van der Waals surface area contributed by atoms with Gasteiger partial charge in [0, 0.05) is 28.2 Å². The lowest BCUT2D eigenvalue weighted by molar-refractivity contribution is 0.0934. The maximum absolute atomic E-state index is 13.3. The van der Waals surface area contributed by atoms with Crippen LogP contribution < -0.4 is 10.1 Å². The van der Waals surface area contributed by atoms with Crippen LogP contribution in [0.5, 0.6) is 5.75 Å². The van der Waals surface area contributed by atoms with Gasteiger partial charge in [0.1, 0.15) is 11.6 Å². The summed E-state index contributed by atoms with van der Waals surface area (Å²) in [6.45, 7) is 0.529. The monoisotopic (exact) mass is 529 g/mol. The Morgan fingerprint density at radius 2 is 1.65 bits per heavy atom. The van der Waals surface area contributed by atoms with E-state index in [0.29, 0.717) is 28.6 Å². The molecule has 186 valence electrons. The second-order valence-corrected chi connectivity index (χ2v) is 9.64. The molecule has 1 unspecified atom stereocenters. The van der Waals surface area contributed by atoms with Gasteiger partial charge in [0.15, 0.2) is 0 Å². The van der Waals surface area contributed by atoms with E-state index < -0.39 is 6.04 Å². The summed E-state index contributed by atoms with van der Waals surface area (Å²) < 4.78 is 7.63. The lowest BCUT2D eigenvalue weighted by atomic mass is 10.0. The lowest BCUT2D eigenvalue weighted by Gasteiger charge is -2.21. The first-order chi connectivity index (χ1) is 18.0. The molecular formula is C30H25Cl2N3O2. The molecule has 4 aromatic carbocycles. The van der Waals surface area contributed by atoms with Gasteiger partial charge in [0.25, 0.3) is 5.91 Å². The number of amides is 1. The minimum Gasteiger partial charge on any atom is -0.497 e. The fraction of sp³-hybridized carbons (Fsp3) is 0.133. The summed E-state index contributed by atoms with van der Waals surface area (Å²) >= 11 is 12.3. The summed E-state index contributed by atoms with van der Waals surface area (Å²) in [7, 11) is 1.64. The molecule has 5 rings (SSSR count). The van der Waals surface area contributed by atoms with E-state index >= 15 is 0 Å². The van der Waals surface area contributed by atoms with Gasteiger partial charge in [-0.2, -0.15) is 0 Å². The molecule has 5 nitrogen and oxygen atoms in total. The number of aromatic nitrogens is 2. The Morgan fingerprint density at radius 1 is 0.892 bits per heavy atom. The summed E-state index contributed by atoms with van der Waals surface area (Å²) in [6.07, 6.45) is 0.566. The average molecular weight is 530 g/mol.